The lowest BCUT2D eigenvalue weighted by Crippen LogP contribution is -2.50. The van der Waals surface area contributed by atoms with Gasteiger partial charge in [0.05, 0.1) is 4.90 Å². The summed E-state index contributed by atoms with van der Waals surface area (Å²) in [5.74, 6) is -0.222. The van der Waals surface area contributed by atoms with Crippen molar-refractivity contribution in [2.75, 3.05) is 0 Å². The van der Waals surface area contributed by atoms with E-state index in [1.165, 1.54) is 0 Å². The minimum atomic E-state index is -1.71. The molecule has 1 N–H and O–H groups in total. The zero-order chi connectivity index (χ0) is 22.4. The molecule has 0 aliphatic heterocycles. The highest BCUT2D eigenvalue weighted by molar-refractivity contribution is 7.80. The first-order chi connectivity index (χ1) is 14.0. The molecule has 4 nitrogen and oxygen atoms in total. The van der Waals surface area contributed by atoms with E-state index in [1.807, 2.05) is 63.2 Å². The van der Waals surface area contributed by atoms with Gasteiger partial charge in [0, 0.05) is 5.54 Å². The van der Waals surface area contributed by atoms with Crippen molar-refractivity contribution in [3.8, 4) is 0 Å². The van der Waals surface area contributed by atoms with E-state index >= 15 is 0 Å². The number of carbonyl (C=O) groups excluding carboxylic acids is 1. The third-order valence-electron chi connectivity index (χ3n) is 4.68. The number of rotatable bonds is 9. The van der Waals surface area contributed by atoms with E-state index in [2.05, 4.69) is 26.1 Å². The van der Waals surface area contributed by atoms with E-state index in [-0.39, 0.29) is 11.3 Å². The largest absolute Gasteiger partial charge is 0.349 e. The van der Waals surface area contributed by atoms with Crippen LogP contribution in [0.15, 0.2) is 59.5 Å². The third-order valence-corrected chi connectivity index (χ3v) is 5.75. The van der Waals surface area contributed by atoms with E-state index in [9.17, 15) is 9.00 Å². The molecular weight excluding hydrogens is 394 g/mol. The molecule has 2 aromatic carbocycles. The van der Waals surface area contributed by atoms with Gasteiger partial charge in [-0.05, 0) is 63.1 Å². The predicted molar refractivity (Wildman–Crippen MR) is 124 cm³/mol. The van der Waals surface area contributed by atoms with Gasteiger partial charge in [-0.15, -0.1) is 0 Å². The second-order valence-electron chi connectivity index (χ2n) is 9.77. The molecule has 164 valence electrons. The Labute approximate surface area is 184 Å². The normalized spacial score (nSPS) is 14.2. The molecule has 0 heterocycles. The highest BCUT2D eigenvalue weighted by atomic mass is 32.2. The topological polar surface area (TPSA) is 55.4 Å². The highest BCUT2D eigenvalue weighted by Crippen LogP contribution is 2.27. The Hall–Kier alpha value is -1.98. The quantitative estimate of drug-likeness (QED) is 0.583. The van der Waals surface area contributed by atoms with E-state index in [1.54, 1.807) is 12.1 Å². The fourth-order valence-corrected chi connectivity index (χ4v) is 4.62. The Kier molecular flexibility index (Phi) is 8.39. The summed E-state index contributed by atoms with van der Waals surface area (Å²) in [6.07, 6.45) is 1.15. The lowest BCUT2D eigenvalue weighted by Gasteiger charge is -2.34. The smallest absolute Gasteiger partial charge is 0.251 e. The number of carbonyl (C=O) groups is 1. The molecule has 0 saturated carbocycles. The average Bonchev–Trinajstić information content (AvgIpc) is 2.63. The van der Waals surface area contributed by atoms with Crippen molar-refractivity contribution in [2.24, 2.45) is 5.41 Å². The molecule has 0 saturated heterocycles. The first-order valence-electron chi connectivity index (χ1n) is 10.5. The van der Waals surface area contributed by atoms with Crippen LogP contribution in [0.4, 0.5) is 0 Å². The second-order valence-corrected chi connectivity index (χ2v) is 10.9. The van der Waals surface area contributed by atoms with Crippen LogP contribution in [0.5, 0.6) is 0 Å². The van der Waals surface area contributed by atoms with Crippen LogP contribution in [-0.2, 0) is 26.5 Å². The van der Waals surface area contributed by atoms with Gasteiger partial charge < -0.3 is 5.32 Å². The first kappa shape index (κ1) is 24.3. The molecule has 2 aromatic rings. The minimum Gasteiger partial charge on any atom is -0.349 e. The number of hydrogen-bond donors (Lipinski definition) is 1. The van der Waals surface area contributed by atoms with Crippen molar-refractivity contribution in [1.29, 1.82) is 0 Å². The van der Waals surface area contributed by atoms with Gasteiger partial charge in [0.1, 0.15) is 0 Å². The molecule has 1 amide bonds. The highest BCUT2D eigenvalue weighted by Gasteiger charge is 2.31. The fraction of sp³-hybridized carbons (Fsp3) is 0.480. The van der Waals surface area contributed by atoms with Crippen molar-refractivity contribution in [1.82, 2.24) is 5.32 Å². The SMILES string of the molecule is Cc1ccc(S(=O)OC(CCc2ccccc2)C(=O)NC(C)(C)CC(C)(C)C)cc1. The van der Waals surface area contributed by atoms with Gasteiger partial charge in [-0.1, -0.05) is 68.8 Å². The molecule has 0 aliphatic carbocycles. The summed E-state index contributed by atoms with van der Waals surface area (Å²) in [7, 11) is 0. The van der Waals surface area contributed by atoms with Gasteiger partial charge in [-0.2, -0.15) is 0 Å². The molecular formula is C25H35NO3S. The molecule has 0 spiro atoms. The second kappa shape index (κ2) is 10.4. The van der Waals surface area contributed by atoms with Gasteiger partial charge in [0.2, 0.25) is 0 Å². The van der Waals surface area contributed by atoms with Gasteiger partial charge in [-0.3, -0.25) is 8.98 Å². The number of hydrogen-bond acceptors (Lipinski definition) is 3. The summed E-state index contributed by atoms with van der Waals surface area (Å²) in [5, 5.41) is 3.12. The van der Waals surface area contributed by atoms with Gasteiger partial charge >= 0.3 is 0 Å². The third kappa shape index (κ3) is 8.41. The molecule has 2 unspecified atom stereocenters. The Morgan fingerprint density at radius 3 is 2.17 bits per heavy atom. The molecule has 0 radical (unpaired) electrons. The summed E-state index contributed by atoms with van der Waals surface area (Å²) < 4.78 is 18.6. The van der Waals surface area contributed by atoms with Crippen LogP contribution < -0.4 is 5.32 Å². The van der Waals surface area contributed by atoms with E-state index < -0.39 is 22.7 Å². The van der Waals surface area contributed by atoms with Crippen LogP contribution in [0, 0.1) is 12.3 Å². The van der Waals surface area contributed by atoms with Crippen molar-refractivity contribution in [3.63, 3.8) is 0 Å². The van der Waals surface area contributed by atoms with Crippen LogP contribution >= 0.6 is 0 Å². The number of benzene rings is 2. The lowest BCUT2D eigenvalue weighted by molar-refractivity contribution is -0.129. The molecule has 30 heavy (non-hydrogen) atoms. The van der Waals surface area contributed by atoms with E-state index in [0.29, 0.717) is 17.7 Å². The van der Waals surface area contributed by atoms with Gasteiger partial charge in [0.15, 0.2) is 17.2 Å². The summed E-state index contributed by atoms with van der Waals surface area (Å²) in [6, 6.07) is 17.3. The van der Waals surface area contributed by atoms with E-state index in [4.69, 9.17) is 4.18 Å². The van der Waals surface area contributed by atoms with Crippen LogP contribution in [0.25, 0.3) is 0 Å². The van der Waals surface area contributed by atoms with Crippen molar-refractivity contribution in [3.05, 3.63) is 65.7 Å². The number of amides is 1. The summed E-state index contributed by atoms with van der Waals surface area (Å²) in [5.41, 5.74) is 1.88. The van der Waals surface area contributed by atoms with Crippen LogP contribution in [0.1, 0.15) is 58.6 Å². The van der Waals surface area contributed by atoms with E-state index in [0.717, 1.165) is 17.5 Å². The standard InChI is InChI=1S/C25H35NO3S/c1-19-12-15-21(16-13-19)30(28)29-22(17-14-20-10-8-7-9-11-20)23(27)26-25(5,6)18-24(2,3)4/h7-13,15-16,22H,14,17-18H2,1-6H3,(H,26,27). The maximum atomic E-state index is 13.1. The Balaban J connectivity index is 2.13. The van der Waals surface area contributed by atoms with Crippen molar-refractivity contribution in [2.45, 2.75) is 77.3 Å². The monoisotopic (exact) mass is 429 g/mol. The maximum Gasteiger partial charge on any atom is 0.251 e. The Morgan fingerprint density at radius 1 is 1.00 bits per heavy atom. The predicted octanol–water partition coefficient (Wildman–Crippen LogP) is 5.37. The van der Waals surface area contributed by atoms with Gasteiger partial charge in [0.25, 0.3) is 5.91 Å². The summed E-state index contributed by atoms with van der Waals surface area (Å²) >= 11 is -1.71. The van der Waals surface area contributed by atoms with Crippen LogP contribution in [-0.4, -0.2) is 21.8 Å². The fourth-order valence-electron chi connectivity index (χ4n) is 3.76. The molecule has 0 bridgehead atoms. The summed E-state index contributed by atoms with van der Waals surface area (Å²) in [6.45, 7) is 12.5. The zero-order valence-corrected chi connectivity index (χ0v) is 19.8. The number of nitrogens with one attached hydrogen (secondary N) is 1. The zero-order valence-electron chi connectivity index (χ0n) is 19.0. The molecule has 0 fully saturated rings. The first-order valence-corrected chi connectivity index (χ1v) is 11.5. The maximum absolute atomic E-state index is 13.1. The van der Waals surface area contributed by atoms with Crippen molar-refractivity contribution < 1.29 is 13.2 Å². The Bertz CT molecular complexity index is 839. The molecule has 2 atom stereocenters. The van der Waals surface area contributed by atoms with Crippen LogP contribution in [0.2, 0.25) is 0 Å². The molecule has 0 aromatic heterocycles. The molecule has 0 aliphatic rings. The van der Waals surface area contributed by atoms with Crippen molar-refractivity contribution >= 4 is 17.0 Å². The lowest BCUT2D eigenvalue weighted by atomic mass is 9.81. The summed E-state index contributed by atoms with van der Waals surface area (Å²) in [4.78, 5) is 13.7. The minimum absolute atomic E-state index is 0.0713. The molecule has 2 rings (SSSR count). The van der Waals surface area contributed by atoms with Crippen LogP contribution in [0.3, 0.4) is 0 Å². The molecule has 5 heteroatoms. The average molecular weight is 430 g/mol. The number of aryl methyl sites for hydroxylation is 2. The van der Waals surface area contributed by atoms with Gasteiger partial charge in [-0.25, -0.2) is 4.21 Å². The Morgan fingerprint density at radius 2 is 1.60 bits per heavy atom.